The van der Waals surface area contributed by atoms with Crippen LogP contribution in [0.3, 0.4) is 0 Å². The molecule has 0 atom stereocenters. The van der Waals surface area contributed by atoms with E-state index in [1.165, 1.54) is 23.5 Å². The molecule has 4 aromatic rings. The molecule has 0 aliphatic carbocycles. The van der Waals surface area contributed by atoms with Crippen molar-refractivity contribution < 1.29 is 13.9 Å². The molecular weight excluding hydrogens is 391 g/mol. The van der Waals surface area contributed by atoms with E-state index in [1.807, 2.05) is 32.0 Å². The summed E-state index contributed by atoms with van der Waals surface area (Å²) in [5.41, 5.74) is 2.26. The van der Waals surface area contributed by atoms with Crippen LogP contribution in [0.2, 0.25) is 0 Å². The number of halogens is 1. The highest BCUT2D eigenvalue weighted by atomic mass is 32.1. The highest BCUT2D eigenvalue weighted by molar-refractivity contribution is 7.20. The van der Waals surface area contributed by atoms with Crippen molar-refractivity contribution in [1.82, 2.24) is 14.8 Å². The minimum absolute atomic E-state index is 0.138. The van der Waals surface area contributed by atoms with Crippen LogP contribution < -0.4 is 10.1 Å². The zero-order valence-corrected chi connectivity index (χ0v) is 16.8. The van der Waals surface area contributed by atoms with E-state index in [4.69, 9.17) is 4.74 Å². The second kappa shape index (κ2) is 8.00. The largest absolute Gasteiger partial charge is 0.492 e. The van der Waals surface area contributed by atoms with Crippen molar-refractivity contribution in [3.63, 3.8) is 0 Å². The van der Waals surface area contributed by atoms with Crippen LogP contribution in [-0.2, 0) is 11.2 Å². The lowest BCUT2D eigenvalue weighted by Gasteiger charge is -2.06. The van der Waals surface area contributed by atoms with Gasteiger partial charge in [-0.2, -0.15) is 9.78 Å². The molecule has 0 saturated carbocycles. The highest BCUT2D eigenvalue weighted by Crippen LogP contribution is 2.32. The molecule has 0 aliphatic heterocycles. The van der Waals surface area contributed by atoms with Crippen LogP contribution in [0, 0.1) is 12.7 Å². The smallest absolute Gasteiger partial charge is 0.229 e. The fourth-order valence-electron chi connectivity index (χ4n) is 2.98. The van der Waals surface area contributed by atoms with E-state index in [0.29, 0.717) is 17.6 Å². The van der Waals surface area contributed by atoms with Crippen LogP contribution in [0.5, 0.6) is 5.75 Å². The van der Waals surface area contributed by atoms with Gasteiger partial charge in [0.15, 0.2) is 0 Å². The fourth-order valence-corrected chi connectivity index (χ4v) is 3.93. The Balaban J connectivity index is 1.61. The number of ether oxygens (including phenoxy) is 1. The lowest BCUT2D eigenvalue weighted by molar-refractivity contribution is -0.115. The number of nitrogens with one attached hydrogen (secondary N) is 1. The summed E-state index contributed by atoms with van der Waals surface area (Å²) in [6.07, 6.45) is 0.138. The van der Waals surface area contributed by atoms with Crippen LogP contribution in [-0.4, -0.2) is 27.3 Å². The molecule has 1 N–H and O–H groups in total. The number of thiazole rings is 1. The summed E-state index contributed by atoms with van der Waals surface area (Å²) < 4.78 is 21.3. The monoisotopic (exact) mass is 410 g/mol. The first-order valence-corrected chi connectivity index (χ1v) is 9.99. The fraction of sp³-hybridized carbons (Fsp3) is 0.190. The molecule has 4 rings (SSSR count). The van der Waals surface area contributed by atoms with Crippen molar-refractivity contribution in [3.05, 3.63) is 65.6 Å². The zero-order chi connectivity index (χ0) is 20.4. The molecule has 0 aliphatic rings. The molecule has 2 aromatic heterocycles. The molecular formula is C21H19FN4O2S. The van der Waals surface area contributed by atoms with E-state index >= 15 is 0 Å². The number of hydrogen-bond acceptors (Lipinski definition) is 5. The molecule has 1 amide bonds. The number of benzene rings is 2. The van der Waals surface area contributed by atoms with Crippen LogP contribution in [0.4, 0.5) is 10.2 Å². The number of hydrogen-bond donors (Lipinski definition) is 1. The zero-order valence-electron chi connectivity index (χ0n) is 16.0. The van der Waals surface area contributed by atoms with Gasteiger partial charge in [-0.3, -0.25) is 4.79 Å². The Bertz CT molecular complexity index is 1170. The van der Waals surface area contributed by atoms with Gasteiger partial charge in [-0.1, -0.05) is 29.5 Å². The normalized spacial score (nSPS) is 11.0. The van der Waals surface area contributed by atoms with E-state index in [2.05, 4.69) is 15.4 Å². The van der Waals surface area contributed by atoms with Crippen LogP contribution in [0.1, 0.15) is 18.2 Å². The number of carbonyl (C=O) groups is 1. The Morgan fingerprint density at radius 2 is 2.03 bits per heavy atom. The Morgan fingerprint density at radius 1 is 1.24 bits per heavy atom. The Kier molecular flexibility index (Phi) is 5.26. The maximum atomic E-state index is 13.1. The lowest BCUT2D eigenvalue weighted by atomic mass is 10.1. The summed E-state index contributed by atoms with van der Waals surface area (Å²) in [5, 5.41) is 8.00. The molecule has 29 heavy (non-hydrogen) atoms. The standard InChI is InChI=1S/C21H19FN4O2S/c1-3-28-16-5-4-6-17-20(16)24-21(29-17)26-18(11-13(2)25-26)23-19(27)12-14-7-9-15(22)10-8-14/h4-11H,3,12H2,1-2H3,(H,23,27). The molecule has 6 nitrogen and oxygen atoms in total. The number of aryl methyl sites for hydroxylation is 1. The summed E-state index contributed by atoms with van der Waals surface area (Å²) in [4.78, 5) is 17.2. The van der Waals surface area contributed by atoms with Gasteiger partial charge >= 0.3 is 0 Å². The molecule has 0 unspecified atom stereocenters. The Morgan fingerprint density at radius 3 is 2.79 bits per heavy atom. The van der Waals surface area contributed by atoms with Gasteiger partial charge in [0.05, 0.1) is 23.4 Å². The number of nitrogens with zero attached hydrogens (tertiary/aromatic N) is 3. The van der Waals surface area contributed by atoms with E-state index in [-0.39, 0.29) is 18.1 Å². The average Bonchev–Trinajstić information content (AvgIpc) is 3.27. The Hall–Kier alpha value is -3.26. The second-order valence-electron chi connectivity index (χ2n) is 6.47. The van der Waals surface area contributed by atoms with E-state index in [1.54, 1.807) is 22.9 Å². The van der Waals surface area contributed by atoms with Crippen molar-refractivity contribution in [3.8, 4) is 10.9 Å². The van der Waals surface area contributed by atoms with Gasteiger partial charge in [-0.15, -0.1) is 0 Å². The minimum atomic E-state index is -0.329. The topological polar surface area (TPSA) is 69.0 Å². The van der Waals surface area contributed by atoms with E-state index < -0.39 is 0 Å². The van der Waals surface area contributed by atoms with Gasteiger partial charge < -0.3 is 10.1 Å². The first kappa shape index (κ1) is 19.1. The lowest BCUT2D eigenvalue weighted by Crippen LogP contribution is -2.17. The molecule has 0 fully saturated rings. The van der Waals surface area contributed by atoms with Gasteiger partial charge in [-0.05, 0) is 43.7 Å². The van der Waals surface area contributed by atoms with Gasteiger partial charge in [0.25, 0.3) is 0 Å². The highest BCUT2D eigenvalue weighted by Gasteiger charge is 2.16. The molecule has 0 saturated heterocycles. The van der Waals surface area contributed by atoms with Crippen LogP contribution in [0.25, 0.3) is 15.3 Å². The van der Waals surface area contributed by atoms with Crippen LogP contribution >= 0.6 is 11.3 Å². The maximum Gasteiger partial charge on any atom is 0.229 e. The summed E-state index contributed by atoms with van der Waals surface area (Å²) in [6.45, 7) is 4.33. The molecule has 2 aromatic carbocycles. The van der Waals surface area contributed by atoms with Crippen molar-refractivity contribution in [1.29, 1.82) is 0 Å². The molecule has 0 spiro atoms. The average molecular weight is 410 g/mol. The number of rotatable bonds is 6. The van der Waals surface area contributed by atoms with Gasteiger partial charge in [0.1, 0.15) is 22.9 Å². The maximum absolute atomic E-state index is 13.1. The van der Waals surface area contributed by atoms with Gasteiger partial charge in [0, 0.05) is 6.07 Å². The van der Waals surface area contributed by atoms with Crippen LogP contribution in [0.15, 0.2) is 48.5 Å². The molecule has 0 bridgehead atoms. The molecule has 2 heterocycles. The number of anilines is 1. The van der Waals surface area contributed by atoms with Crippen molar-refractivity contribution in [2.45, 2.75) is 20.3 Å². The number of aromatic nitrogens is 3. The van der Waals surface area contributed by atoms with E-state index in [0.717, 1.165) is 27.2 Å². The first-order valence-electron chi connectivity index (χ1n) is 9.17. The van der Waals surface area contributed by atoms with Crippen molar-refractivity contribution in [2.75, 3.05) is 11.9 Å². The number of fused-ring (bicyclic) bond motifs is 1. The summed E-state index contributed by atoms with van der Waals surface area (Å²) in [5.74, 6) is 0.712. The van der Waals surface area contributed by atoms with Crippen molar-refractivity contribution >= 4 is 33.3 Å². The Labute approximate surface area is 171 Å². The van der Waals surface area contributed by atoms with Crippen molar-refractivity contribution in [2.24, 2.45) is 0 Å². The molecule has 8 heteroatoms. The third-order valence-corrected chi connectivity index (χ3v) is 5.22. The number of carbonyl (C=O) groups excluding carboxylic acids is 1. The van der Waals surface area contributed by atoms with Gasteiger partial charge in [-0.25, -0.2) is 9.37 Å². The van der Waals surface area contributed by atoms with Gasteiger partial charge in [0.2, 0.25) is 11.0 Å². The SMILES string of the molecule is CCOc1cccc2sc(-n3nc(C)cc3NC(=O)Cc3ccc(F)cc3)nc12. The summed E-state index contributed by atoms with van der Waals surface area (Å²) in [6, 6.07) is 13.5. The van der Waals surface area contributed by atoms with E-state index in [9.17, 15) is 9.18 Å². The predicted octanol–water partition coefficient (Wildman–Crippen LogP) is 4.51. The third-order valence-electron chi connectivity index (χ3n) is 4.23. The second-order valence-corrected chi connectivity index (χ2v) is 7.48. The third kappa shape index (κ3) is 4.12. The quantitative estimate of drug-likeness (QED) is 0.508. The summed E-state index contributed by atoms with van der Waals surface area (Å²) in [7, 11) is 0. The minimum Gasteiger partial charge on any atom is -0.492 e. The number of amides is 1. The first-order chi connectivity index (χ1) is 14.0. The summed E-state index contributed by atoms with van der Waals surface area (Å²) >= 11 is 1.47. The predicted molar refractivity (Wildman–Crippen MR) is 111 cm³/mol. The molecule has 148 valence electrons. The molecule has 0 radical (unpaired) electrons. The number of para-hydroxylation sites is 1.